The van der Waals surface area contributed by atoms with Crippen molar-refractivity contribution in [2.45, 2.75) is 19.4 Å². The van der Waals surface area contributed by atoms with Gasteiger partial charge in [-0.1, -0.05) is 11.2 Å². The number of thiophene rings is 1. The van der Waals surface area contributed by atoms with Crippen LogP contribution in [0.25, 0.3) is 10.8 Å². The van der Waals surface area contributed by atoms with E-state index in [1.165, 1.54) is 12.8 Å². The van der Waals surface area contributed by atoms with Gasteiger partial charge in [0, 0.05) is 6.54 Å². The molecule has 2 aromatic heterocycles. The lowest BCUT2D eigenvalue weighted by Gasteiger charge is -2.26. The first-order valence-electron chi connectivity index (χ1n) is 7.07. The van der Waals surface area contributed by atoms with Gasteiger partial charge in [0.05, 0.1) is 11.4 Å². The third-order valence-electron chi connectivity index (χ3n) is 3.58. The van der Waals surface area contributed by atoms with Crippen LogP contribution in [0.5, 0.6) is 0 Å². The van der Waals surface area contributed by atoms with Crippen molar-refractivity contribution in [3.05, 3.63) is 23.3 Å². The lowest BCUT2D eigenvalue weighted by atomic mass is 9.99. The highest BCUT2D eigenvalue weighted by Crippen LogP contribution is 2.22. The van der Waals surface area contributed by atoms with Crippen LogP contribution in [-0.2, 0) is 6.54 Å². The molecule has 2 aromatic rings. The maximum atomic E-state index is 5.31. The van der Waals surface area contributed by atoms with Crippen molar-refractivity contribution in [2.75, 3.05) is 26.7 Å². The van der Waals surface area contributed by atoms with E-state index in [1.54, 1.807) is 11.3 Å². The lowest BCUT2D eigenvalue weighted by molar-refractivity contribution is 0.231. The van der Waals surface area contributed by atoms with Crippen LogP contribution >= 0.6 is 11.3 Å². The van der Waals surface area contributed by atoms with Crippen LogP contribution in [0.3, 0.4) is 0 Å². The summed E-state index contributed by atoms with van der Waals surface area (Å²) >= 11 is 1.62. The molecule has 1 unspecified atom stereocenters. The number of piperidine rings is 1. The molecular formula is C14H20N4OS. The molecule has 1 aliphatic rings. The van der Waals surface area contributed by atoms with Crippen molar-refractivity contribution in [3.63, 3.8) is 0 Å². The maximum Gasteiger partial charge on any atom is 0.268 e. The summed E-state index contributed by atoms with van der Waals surface area (Å²) in [5.74, 6) is 2.12. The van der Waals surface area contributed by atoms with E-state index in [0.717, 1.165) is 42.8 Å². The summed E-state index contributed by atoms with van der Waals surface area (Å²) in [5, 5.41) is 9.54. The Balaban J connectivity index is 1.54. The van der Waals surface area contributed by atoms with Gasteiger partial charge in [-0.25, -0.2) is 0 Å². The molecule has 1 N–H and O–H groups in total. The maximum absolute atomic E-state index is 5.31. The number of nitrogens with zero attached hydrogens (tertiary/aromatic N) is 3. The monoisotopic (exact) mass is 292 g/mol. The van der Waals surface area contributed by atoms with E-state index < -0.39 is 0 Å². The fourth-order valence-electron chi connectivity index (χ4n) is 2.65. The topological polar surface area (TPSA) is 54.2 Å². The fourth-order valence-corrected chi connectivity index (χ4v) is 3.29. The molecule has 1 atom stereocenters. The molecule has 0 aromatic carbocycles. The van der Waals surface area contributed by atoms with Gasteiger partial charge in [0.25, 0.3) is 5.89 Å². The molecule has 3 heterocycles. The summed E-state index contributed by atoms with van der Waals surface area (Å²) in [6.07, 6.45) is 2.59. The number of hydrogen-bond acceptors (Lipinski definition) is 6. The number of rotatable bonds is 5. The predicted octanol–water partition coefficient (Wildman–Crippen LogP) is 2.23. The SMILES string of the molecule is CN(Cc1noc(-c2cccs2)n1)CC1CCCNC1. The Kier molecular flexibility index (Phi) is 4.44. The Morgan fingerprint density at radius 2 is 2.50 bits per heavy atom. The first-order chi connectivity index (χ1) is 9.81. The van der Waals surface area contributed by atoms with Crippen molar-refractivity contribution in [1.29, 1.82) is 0 Å². The third-order valence-corrected chi connectivity index (χ3v) is 4.44. The van der Waals surface area contributed by atoms with Crippen molar-refractivity contribution in [1.82, 2.24) is 20.4 Å². The quantitative estimate of drug-likeness (QED) is 0.916. The van der Waals surface area contributed by atoms with Gasteiger partial charge in [-0.2, -0.15) is 4.98 Å². The zero-order valence-electron chi connectivity index (χ0n) is 11.7. The van der Waals surface area contributed by atoms with Gasteiger partial charge in [-0.15, -0.1) is 11.3 Å². The standard InChI is InChI=1S/C14H20N4OS/c1-18(9-11-4-2-6-15-8-11)10-13-16-14(19-17-13)12-5-3-7-20-12/h3,5,7,11,15H,2,4,6,8-10H2,1H3. The minimum atomic E-state index is 0.628. The molecule has 0 amide bonds. The average Bonchev–Trinajstić information content (AvgIpc) is 3.10. The summed E-state index contributed by atoms with van der Waals surface area (Å²) in [6.45, 7) is 4.10. The first-order valence-corrected chi connectivity index (χ1v) is 7.95. The van der Waals surface area contributed by atoms with E-state index in [4.69, 9.17) is 4.52 Å². The van der Waals surface area contributed by atoms with Gasteiger partial charge >= 0.3 is 0 Å². The van der Waals surface area contributed by atoms with Crippen molar-refractivity contribution in [3.8, 4) is 10.8 Å². The number of nitrogens with one attached hydrogen (secondary N) is 1. The molecule has 20 heavy (non-hydrogen) atoms. The Hall–Kier alpha value is -1.24. The predicted molar refractivity (Wildman–Crippen MR) is 79.5 cm³/mol. The Morgan fingerprint density at radius 1 is 1.55 bits per heavy atom. The molecule has 5 nitrogen and oxygen atoms in total. The molecule has 3 rings (SSSR count). The minimum absolute atomic E-state index is 0.628. The number of aromatic nitrogens is 2. The second-order valence-electron chi connectivity index (χ2n) is 5.40. The Morgan fingerprint density at radius 3 is 3.25 bits per heavy atom. The number of hydrogen-bond donors (Lipinski definition) is 1. The molecule has 108 valence electrons. The van der Waals surface area contributed by atoms with Gasteiger partial charge in [-0.05, 0) is 50.3 Å². The molecule has 1 saturated heterocycles. The molecule has 0 bridgehead atoms. The van der Waals surface area contributed by atoms with E-state index in [-0.39, 0.29) is 0 Å². The molecule has 0 aliphatic carbocycles. The minimum Gasteiger partial charge on any atom is -0.333 e. The molecular weight excluding hydrogens is 272 g/mol. The highest BCUT2D eigenvalue weighted by atomic mass is 32.1. The van der Waals surface area contributed by atoms with Gasteiger partial charge in [0.2, 0.25) is 0 Å². The van der Waals surface area contributed by atoms with Crippen molar-refractivity contribution in [2.24, 2.45) is 5.92 Å². The first kappa shape index (κ1) is 13.7. The van der Waals surface area contributed by atoms with Gasteiger partial charge in [-0.3, -0.25) is 4.90 Å². The van der Waals surface area contributed by atoms with Gasteiger partial charge in [0.1, 0.15) is 0 Å². The Labute approximate surface area is 123 Å². The van der Waals surface area contributed by atoms with E-state index >= 15 is 0 Å². The molecule has 0 saturated carbocycles. The molecule has 1 fully saturated rings. The second-order valence-corrected chi connectivity index (χ2v) is 6.35. The highest BCUT2D eigenvalue weighted by molar-refractivity contribution is 7.13. The van der Waals surface area contributed by atoms with Crippen LogP contribution < -0.4 is 5.32 Å². The average molecular weight is 292 g/mol. The fraction of sp³-hybridized carbons (Fsp3) is 0.571. The zero-order valence-corrected chi connectivity index (χ0v) is 12.5. The summed E-state index contributed by atoms with van der Waals surface area (Å²) in [5.41, 5.74) is 0. The lowest BCUT2D eigenvalue weighted by Crippen LogP contribution is -2.36. The Bertz CT molecular complexity index is 519. The summed E-state index contributed by atoms with van der Waals surface area (Å²) in [6, 6.07) is 3.99. The molecule has 6 heteroatoms. The van der Waals surface area contributed by atoms with Gasteiger partial charge < -0.3 is 9.84 Å². The van der Waals surface area contributed by atoms with Crippen LogP contribution in [0, 0.1) is 5.92 Å². The molecule has 0 spiro atoms. The van der Waals surface area contributed by atoms with E-state index in [1.807, 2.05) is 17.5 Å². The normalized spacial score (nSPS) is 19.6. The van der Waals surface area contributed by atoms with E-state index in [0.29, 0.717) is 5.89 Å². The smallest absolute Gasteiger partial charge is 0.268 e. The van der Waals surface area contributed by atoms with E-state index in [2.05, 4.69) is 27.4 Å². The summed E-state index contributed by atoms with van der Waals surface area (Å²) < 4.78 is 5.31. The largest absolute Gasteiger partial charge is 0.333 e. The van der Waals surface area contributed by atoms with Crippen LogP contribution in [0.15, 0.2) is 22.0 Å². The van der Waals surface area contributed by atoms with Crippen LogP contribution in [0.4, 0.5) is 0 Å². The molecule has 0 radical (unpaired) electrons. The van der Waals surface area contributed by atoms with Crippen molar-refractivity contribution >= 4 is 11.3 Å². The highest BCUT2D eigenvalue weighted by Gasteiger charge is 2.17. The van der Waals surface area contributed by atoms with Crippen LogP contribution in [-0.4, -0.2) is 41.7 Å². The van der Waals surface area contributed by atoms with Crippen LogP contribution in [0.1, 0.15) is 18.7 Å². The second kappa shape index (κ2) is 6.47. The van der Waals surface area contributed by atoms with Gasteiger partial charge in [0.15, 0.2) is 5.82 Å². The molecule has 1 aliphatic heterocycles. The van der Waals surface area contributed by atoms with Crippen molar-refractivity contribution < 1.29 is 4.52 Å². The van der Waals surface area contributed by atoms with E-state index in [9.17, 15) is 0 Å². The zero-order chi connectivity index (χ0) is 13.8. The third kappa shape index (κ3) is 3.45. The summed E-state index contributed by atoms with van der Waals surface area (Å²) in [7, 11) is 2.12. The summed E-state index contributed by atoms with van der Waals surface area (Å²) in [4.78, 5) is 7.77. The van der Waals surface area contributed by atoms with Crippen LogP contribution in [0.2, 0.25) is 0 Å².